The highest BCUT2D eigenvalue weighted by molar-refractivity contribution is 7.11. The Labute approximate surface area is 111 Å². The van der Waals surface area contributed by atoms with E-state index in [1.54, 1.807) is 0 Å². The average Bonchev–Trinajstić information content (AvgIpc) is 2.93. The van der Waals surface area contributed by atoms with Gasteiger partial charge in [-0.15, -0.1) is 0 Å². The van der Waals surface area contributed by atoms with Crippen LogP contribution in [0.5, 0.6) is 0 Å². The minimum Gasteiger partial charge on any atom is -0.465 e. The van der Waals surface area contributed by atoms with E-state index in [0.717, 1.165) is 24.4 Å². The molecule has 1 aromatic heterocycles. The molecule has 2 heterocycles. The van der Waals surface area contributed by atoms with E-state index in [2.05, 4.69) is 23.1 Å². The predicted octanol–water partition coefficient (Wildman–Crippen LogP) is 2.14. The third-order valence-electron chi connectivity index (χ3n) is 3.42. The van der Waals surface area contributed by atoms with Crippen LogP contribution in [0.3, 0.4) is 0 Å². The molecule has 1 saturated heterocycles. The number of nitrogens with zero attached hydrogens (tertiary/aromatic N) is 2. The molecule has 1 aliphatic rings. The molecule has 0 aromatic carbocycles. The summed E-state index contributed by atoms with van der Waals surface area (Å²) in [6, 6.07) is 0.452. The Kier molecular flexibility index (Phi) is 3.75. The first-order chi connectivity index (χ1) is 8.56. The quantitative estimate of drug-likeness (QED) is 0.851. The van der Waals surface area contributed by atoms with Gasteiger partial charge in [0.25, 0.3) is 0 Å². The third kappa shape index (κ3) is 2.16. The molecule has 0 saturated carbocycles. The Balaban J connectivity index is 2.36. The number of nitrogens with two attached hydrogens (primary N) is 1. The van der Waals surface area contributed by atoms with Gasteiger partial charge in [-0.05, 0) is 30.3 Å². The molecule has 1 aromatic rings. The van der Waals surface area contributed by atoms with Crippen LogP contribution in [0.2, 0.25) is 0 Å². The molecular weight excluding hydrogens is 250 g/mol. The van der Waals surface area contributed by atoms with Gasteiger partial charge in [0.15, 0.2) is 5.82 Å². The number of hydrogen-bond donors (Lipinski definition) is 1. The summed E-state index contributed by atoms with van der Waals surface area (Å²) in [6.45, 7) is 5.35. The van der Waals surface area contributed by atoms with Crippen LogP contribution in [0.25, 0.3) is 0 Å². The van der Waals surface area contributed by atoms with E-state index in [0.29, 0.717) is 17.5 Å². The van der Waals surface area contributed by atoms with Crippen molar-refractivity contribution in [3.8, 4) is 0 Å². The van der Waals surface area contributed by atoms with Gasteiger partial charge < -0.3 is 15.4 Å². The van der Waals surface area contributed by atoms with E-state index in [1.807, 2.05) is 0 Å². The monoisotopic (exact) mass is 269 g/mol. The van der Waals surface area contributed by atoms with Crippen LogP contribution in [0.15, 0.2) is 0 Å². The number of hydrogen-bond acceptors (Lipinski definition) is 6. The van der Waals surface area contributed by atoms with Crippen molar-refractivity contribution in [1.29, 1.82) is 0 Å². The smallest absolute Gasteiger partial charge is 0.344 e. The summed E-state index contributed by atoms with van der Waals surface area (Å²) in [7, 11) is 1.37. The summed E-state index contributed by atoms with van der Waals surface area (Å²) in [5.41, 5.74) is 6.20. The number of rotatable bonds is 3. The Morgan fingerprint density at radius 3 is 2.94 bits per heavy atom. The van der Waals surface area contributed by atoms with Crippen molar-refractivity contribution in [2.24, 2.45) is 5.92 Å². The van der Waals surface area contributed by atoms with Crippen LogP contribution in [0, 0.1) is 5.92 Å². The number of anilines is 2. The molecule has 18 heavy (non-hydrogen) atoms. The van der Waals surface area contributed by atoms with Crippen molar-refractivity contribution < 1.29 is 9.53 Å². The first kappa shape index (κ1) is 13.1. The second-order valence-electron chi connectivity index (χ2n) is 4.89. The maximum atomic E-state index is 11.8. The van der Waals surface area contributed by atoms with Gasteiger partial charge in [0.1, 0.15) is 10.6 Å². The molecule has 5 nitrogen and oxygen atoms in total. The molecule has 0 bridgehead atoms. The van der Waals surface area contributed by atoms with Gasteiger partial charge >= 0.3 is 5.97 Å². The van der Waals surface area contributed by atoms with Gasteiger partial charge in [0.2, 0.25) is 0 Å². The van der Waals surface area contributed by atoms with Crippen LogP contribution in [0.4, 0.5) is 10.8 Å². The molecule has 0 amide bonds. The van der Waals surface area contributed by atoms with Crippen molar-refractivity contribution in [1.82, 2.24) is 4.37 Å². The largest absolute Gasteiger partial charge is 0.465 e. The van der Waals surface area contributed by atoms with Gasteiger partial charge in [0, 0.05) is 12.6 Å². The Bertz CT molecular complexity index is 445. The number of aromatic nitrogens is 1. The normalized spacial score (nSPS) is 19.6. The lowest BCUT2D eigenvalue weighted by molar-refractivity contribution is 0.0603. The molecule has 1 aliphatic heterocycles. The first-order valence-corrected chi connectivity index (χ1v) is 6.93. The van der Waals surface area contributed by atoms with Crippen molar-refractivity contribution in [2.45, 2.75) is 32.7 Å². The summed E-state index contributed by atoms with van der Waals surface area (Å²) in [6.07, 6.45) is 2.29. The fourth-order valence-electron chi connectivity index (χ4n) is 2.52. The van der Waals surface area contributed by atoms with Crippen molar-refractivity contribution >= 4 is 28.3 Å². The first-order valence-electron chi connectivity index (χ1n) is 6.16. The molecule has 0 spiro atoms. The van der Waals surface area contributed by atoms with Crippen molar-refractivity contribution in [2.75, 3.05) is 24.3 Å². The maximum Gasteiger partial charge on any atom is 0.344 e. The summed E-state index contributed by atoms with van der Waals surface area (Å²) >= 11 is 1.29. The highest BCUT2D eigenvalue weighted by atomic mass is 32.1. The third-order valence-corrected chi connectivity index (χ3v) is 4.32. The molecule has 0 aliphatic carbocycles. The van der Waals surface area contributed by atoms with Crippen LogP contribution in [-0.2, 0) is 4.74 Å². The highest BCUT2D eigenvalue weighted by Crippen LogP contribution is 2.37. The van der Waals surface area contributed by atoms with E-state index in [4.69, 9.17) is 10.5 Å². The van der Waals surface area contributed by atoms with E-state index in [-0.39, 0.29) is 5.82 Å². The second kappa shape index (κ2) is 5.14. The highest BCUT2D eigenvalue weighted by Gasteiger charge is 2.33. The number of carbonyl (C=O) groups is 1. The van der Waals surface area contributed by atoms with Crippen LogP contribution in [-0.4, -0.2) is 30.0 Å². The number of ether oxygens (including phenoxy) is 1. The number of carbonyl (C=O) groups excluding carboxylic acids is 1. The fraction of sp³-hybridized carbons (Fsp3) is 0.667. The molecule has 100 valence electrons. The molecule has 1 fully saturated rings. The van der Waals surface area contributed by atoms with Gasteiger partial charge in [-0.25, -0.2) is 4.79 Å². The minimum atomic E-state index is -0.398. The van der Waals surface area contributed by atoms with Gasteiger partial charge in [-0.2, -0.15) is 4.37 Å². The maximum absolute atomic E-state index is 11.8. The van der Waals surface area contributed by atoms with E-state index in [1.165, 1.54) is 18.6 Å². The lowest BCUT2D eigenvalue weighted by Crippen LogP contribution is -2.33. The summed E-state index contributed by atoms with van der Waals surface area (Å²) in [5.74, 6) is 0.420. The lowest BCUT2D eigenvalue weighted by atomic mass is 10.0. The van der Waals surface area contributed by atoms with E-state index >= 15 is 0 Å². The lowest BCUT2D eigenvalue weighted by Gasteiger charge is -2.28. The second-order valence-corrected chi connectivity index (χ2v) is 5.64. The Morgan fingerprint density at radius 2 is 2.33 bits per heavy atom. The van der Waals surface area contributed by atoms with Crippen molar-refractivity contribution in [3.63, 3.8) is 0 Å². The topological polar surface area (TPSA) is 68.5 Å². The average molecular weight is 269 g/mol. The van der Waals surface area contributed by atoms with E-state index in [9.17, 15) is 4.79 Å². The summed E-state index contributed by atoms with van der Waals surface area (Å²) < 4.78 is 8.89. The zero-order valence-electron chi connectivity index (χ0n) is 11.0. The molecule has 6 heteroatoms. The number of methoxy groups -OCH3 is 1. The molecule has 2 rings (SSSR count). The Morgan fingerprint density at radius 1 is 1.61 bits per heavy atom. The summed E-state index contributed by atoms with van der Waals surface area (Å²) in [5, 5.41) is 0.857. The van der Waals surface area contributed by atoms with Crippen LogP contribution < -0.4 is 10.6 Å². The van der Waals surface area contributed by atoms with Crippen LogP contribution in [0.1, 0.15) is 37.0 Å². The van der Waals surface area contributed by atoms with Gasteiger partial charge in [-0.3, -0.25) is 0 Å². The zero-order chi connectivity index (χ0) is 13.3. The Hall–Kier alpha value is -1.30. The van der Waals surface area contributed by atoms with Crippen molar-refractivity contribution in [3.05, 3.63) is 5.56 Å². The van der Waals surface area contributed by atoms with E-state index < -0.39 is 5.97 Å². The number of esters is 1. The standard InChI is InChI=1S/C12H19N3O2S/c1-7(2)8-5-4-6-15(8)11-9(12(16)17-3)10(13)14-18-11/h7-8H,4-6H2,1-3H3,(H2,13,14). The van der Waals surface area contributed by atoms with Gasteiger partial charge in [0.05, 0.1) is 7.11 Å². The molecule has 0 radical (unpaired) electrons. The minimum absolute atomic E-state index is 0.274. The van der Waals surface area contributed by atoms with Crippen LogP contribution >= 0.6 is 11.5 Å². The molecule has 1 atom stereocenters. The number of nitrogen functional groups attached to an aromatic ring is 1. The molecule has 2 N–H and O–H groups in total. The predicted molar refractivity (Wildman–Crippen MR) is 73.1 cm³/mol. The molecular formula is C12H19N3O2S. The summed E-state index contributed by atoms with van der Waals surface area (Å²) in [4.78, 5) is 14.0. The molecule has 1 unspecified atom stereocenters. The SMILES string of the molecule is COC(=O)c1c(N)nsc1N1CCCC1C(C)C. The fourth-order valence-corrected chi connectivity index (χ4v) is 3.41. The zero-order valence-corrected chi connectivity index (χ0v) is 11.8. The van der Waals surface area contributed by atoms with Gasteiger partial charge in [-0.1, -0.05) is 13.8 Å².